The van der Waals surface area contributed by atoms with E-state index in [1.807, 2.05) is 11.3 Å². The first-order valence-electron chi connectivity index (χ1n) is 8.12. The summed E-state index contributed by atoms with van der Waals surface area (Å²) >= 11 is 1.82. The topological polar surface area (TPSA) is 0 Å². The van der Waals surface area contributed by atoms with Crippen LogP contribution in [0.25, 0.3) is 32.7 Å². The standard InChI is InChI=1S/C23H18S/c1-17-12-14-20(15-13-17)23-22(19-10-6-3-7-11-19)21(16-24-23)18-8-4-2-5-9-18/h2-16H,1H3. The third kappa shape index (κ3) is 2.79. The third-order valence-corrected chi connectivity index (χ3v) is 5.28. The molecule has 116 valence electrons. The smallest absolute Gasteiger partial charge is 0.0427 e. The average molecular weight is 326 g/mol. The van der Waals surface area contributed by atoms with Gasteiger partial charge in [-0.15, -0.1) is 11.3 Å². The second-order valence-electron chi connectivity index (χ2n) is 5.95. The van der Waals surface area contributed by atoms with Crippen molar-refractivity contribution in [2.75, 3.05) is 0 Å². The molecule has 0 saturated heterocycles. The van der Waals surface area contributed by atoms with Gasteiger partial charge in [-0.2, -0.15) is 0 Å². The SMILES string of the molecule is Cc1ccc(-c2scc(-c3ccccc3)c2-c2ccccc2)cc1. The minimum Gasteiger partial charge on any atom is -0.142 e. The monoisotopic (exact) mass is 326 g/mol. The Balaban J connectivity index is 1.95. The predicted octanol–water partition coefficient (Wildman–Crippen LogP) is 7.06. The van der Waals surface area contributed by atoms with E-state index in [2.05, 4.69) is 97.2 Å². The normalized spacial score (nSPS) is 10.7. The van der Waals surface area contributed by atoms with E-state index < -0.39 is 0 Å². The van der Waals surface area contributed by atoms with Crippen LogP contribution in [0.15, 0.2) is 90.3 Å². The Morgan fingerprint density at radius 2 is 1.17 bits per heavy atom. The highest BCUT2D eigenvalue weighted by Crippen LogP contribution is 2.44. The van der Waals surface area contributed by atoms with Gasteiger partial charge in [0.15, 0.2) is 0 Å². The summed E-state index contributed by atoms with van der Waals surface area (Å²) in [5.41, 5.74) is 7.75. The fraction of sp³-hybridized carbons (Fsp3) is 0.0435. The van der Waals surface area contributed by atoms with E-state index in [9.17, 15) is 0 Å². The van der Waals surface area contributed by atoms with Gasteiger partial charge in [-0.25, -0.2) is 0 Å². The van der Waals surface area contributed by atoms with E-state index in [0.29, 0.717) is 0 Å². The summed E-state index contributed by atoms with van der Waals surface area (Å²) in [5, 5.41) is 2.28. The van der Waals surface area contributed by atoms with E-state index in [-0.39, 0.29) is 0 Å². The third-order valence-electron chi connectivity index (χ3n) is 4.25. The summed E-state index contributed by atoms with van der Waals surface area (Å²) < 4.78 is 0. The average Bonchev–Trinajstić information content (AvgIpc) is 3.09. The first-order chi connectivity index (χ1) is 11.8. The fourth-order valence-corrected chi connectivity index (χ4v) is 4.10. The largest absolute Gasteiger partial charge is 0.142 e. The number of rotatable bonds is 3. The van der Waals surface area contributed by atoms with Gasteiger partial charge in [0.25, 0.3) is 0 Å². The molecule has 0 unspecified atom stereocenters. The molecule has 4 aromatic rings. The lowest BCUT2D eigenvalue weighted by Crippen LogP contribution is -1.84. The van der Waals surface area contributed by atoms with Gasteiger partial charge < -0.3 is 0 Å². The summed E-state index contributed by atoms with van der Waals surface area (Å²) in [6, 6.07) is 30.2. The molecule has 0 aliphatic heterocycles. The van der Waals surface area contributed by atoms with Gasteiger partial charge in [0.05, 0.1) is 0 Å². The number of thiophene rings is 1. The molecule has 24 heavy (non-hydrogen) atoms. The molecule has 1 heteroatoms. The molecule has 0 radical (unpaired) electrons. The maximum atomic E-state index is 2.28. The first-order valence-corrected chi connectivity index (χ1v) is 9.00. The van der Waals surface area contributed by atoms with Crippen molar-refractivity contribution in [1.29, 1.82) is 0 Å². The predicted molar refractivity (Wildman–Crippen MR) is 105 cm³/mol. The van der Waals surface area contributed by atoms with Crippen molar-refractivity contribution in [2.45, 2.75) is 6.92 Å². The van der Waals surface area contributed by atoms with Crippen LogP contribution in [0, 0.1) is 6.92 Å². The van der Waals surface area contributed by atoms with E-state index in [1.165, 1.54) is 38.3 Å². The second-order valence-corrected chi connectivity index (χ2v) is 6.83. The van der Waals surface area contributed by atoms with Gasteiger partial charge in [0.1, 0.15) is 0 Å². The molecule has 3 aromatic carbocycles. The van der Waals surface area contributed by atoms with E-state index in [4.69, 9.17) is 0 Å². The maximum Gasteiger partial charge on any atom is 0.0427 e. The summed E-state index contributed by atoms with van der Waals surface area (Å²) in [5.74, 6) is 0. The van der Waals surface area contributed by atoms with Crippen LogP contribution in [-0.2, 0) is 0 Å². The number of hydrogen-bond acceptors (Lipinski definition) is 1. The zero-order valence-electron chi connectivity index (χ0n) is 13.6. The van der Waals surface area contributed by atoms with Crippen molar-refractivity contribution >= 4 is 11.3 Å². The summed E-state index contributed by atoms with van der Waals surface area (Å²) in [6.45, 7) is 2.13. The van der Waals surface area contributed by atoms with Crippen LogP contribution >= 0.6 is 11.3 Å². The molecular weight excluding hydrogens is 308 g/mol. The second kappa shape index (κ2) is 6.46. The molecule has 0 aliphatic rings. The minimum atomic E-state index is 1.27. The van der Waals surface area contributed by atoms with Gasteiger partial charge in [0.2, 0.25) is 0 Å². The van der Waals surface area contributed by atoms with Crippen LogP contribution < -0.4 is 0 Å². The van der Waals surface area contributed by atoms with Crippen molar-refractivity contribution in [1.82, 2.24) is 0 Å². The van der Waals surface area contributed by atoms with Gasteiger partial charge >= 0.3 is 0 Å². The molecular formula is C23H18S. The summed E-state index contributed by atoms with van der Waals surface area (Å²) in [7, 11) is 0. The van der Waals surface area contributed by atoms with Gasteiger partial charge in [-0.3, -0.25) is 0 Å². The van der Waals surface area contributed by atoms with Crippen LogP contribution in [0.5, 0.6) is 0 Å². The van der Waals surface area contributed by atoms with Gasteiger partial charge in [-0.05, 0) is 29.0 Å². The lowest BCUT2D eigenvalue weighted by atomic mass is 9.94. The van der Waals surface area contributed by atoms with E-state index in [1.54, 1.807) is 0 Å². The molecule has 1 aromatic heterocycles. The van der Waals surface area contributed by atoms with E-state index >= 15 is 0 Å². The number of aryl methyl sites for hydroxylation is 1. The Morgan fingerprint density at radius 3 is 1.79 bits per heavy atom. The fourth-order valence-electron chi connectivity index (χ4n) is 3.00. The Morgan fingerprint density at radius 1 is 0.583 bits per heavy atom. The Hall–Kier alpha value is -2.64. The molecule has 0 N–H and O–H groups in total. The molecule has 4 rings (SSSR count). The molecule has 0 saturated carbocycles. The molecule has 0 bridgehead atoms. The molecule has 0 amide bonds. The van der Waals surface area contributed by atoms with Gasteiger partial charge in [0, 0.05) is 16.0 Å². The molecule has 0 fully saturated rings. The van der Waals surface area contributed by atoms with Crippen molar-refractivity contribution in [3.63, 3.8) is 0 Å². The molecule has 0 atom stereocenters. The summed E-state index contributed by atoms with van der Waals surface area (Å²) in [6.07, 6.45) is 0. The molecule has 0 spiro atoms. The highest BCUT2D eigenvalue weighted by atomic mass is 32.1. The van der Waals surface area contributed by atoms with Crippen molar-refractivity contribution < 1.29 is 0 Å². The Kier molecular flexibility index (Phi) is 4.02. The Bertz CT molecular complexity index is 933. The quantitative estimate of drug-likeness (QED) is 0.378. The van der Waals surface area contributed by atoms with Crippen LogP contribution in [0.4, 0.5) is 0 Å². The molecule has 1 heterocycles. The number of benzene rings is 3. The zero-order valence-corrected chi connectivity index (χ0v) is 14.4. The lowest BCUT2D eigenvalue weighted by Gasteiger charge is -2.09. The van der Waals surface area contributed by atoms with Crippen LogP contribution in [-0.4, -0.2) is 0 Å². The summed E-state index contributed by atoms with van der Waals surface area (Å²) in [4.78, 5) is 1.33. The van der Waals surface area contributed by atoms with Crippen LogP contribution in [0.2, 0.25) is 0 Å². The van der Waals surface area contributed by atoms with Crippen molar-refractivity contribution in [3.8, 4) is 32.7 Å². The molecule has 0 aliphatic carbocycles. The molecule has 0 nitrogen and oxygen atoms in total. The van der Waals surface area contributed by atoms with Gasteiger partial charge in [-0.1, -0.05) is 90.5 Å². The van der Waals surface area contributed by atoms with Crippen LogP contribution in [0.3, 0.4) is 0 Å². The maximum absolute atomic E-state index is 2.28. The number of hydrogen-bond donors (Lipinski definition) is 0. The Labute approximate surface area is 147 Å². The van der Waals surface area contributed by atoms with Crippen molar-refractivity contribution in [3.05, 3.63) is 95.9 Å². The highest BCUT2D eigenvalue weighted by molar-refractivity contribution is 7.14. The van der Waals surface area contributed by atoms with Crippen LogP contribution in [0.1, 0.15) is 5.56 Å². The zero-order chi connectivity index (χ0) is 16.4. The minimum absolute atomic E-state index is 1.27. The first kappa shape index (κ1) is 14.9. The highest BCUT2D eigenvalue weighted by Gasteiger charge is 2.16. The van der Waals surface area contributed by atoms with E-state index in [0.717, 1.165) is 0 Å². The van der Waals surface area contributed by atoms with Crippen molar-refractivity contribution in [2.24, 2.45) is 0 Å². The lowest BCUT2D eigenvalue weighted by molar-refractivity contribution is 1.48.